The van der Waals surface area contributed by atoms with Gasteiger partial charge in [0.15, 0.2) is 0 Å². The monoisotopic (exact) mass is 298 g/mol. The summed E-state index contributed by atoms with van der Waals surface area (Å²) in [5, 5.41) is 11.0. The van der Waals surface area contributed by atoms with Crippen LogP contribution >= 0.6 is 11.3 Å². The van der Waals surface area contributed by atoms with Crippen molar-refractivity contribution in [2.24, 2.45) is 0 Å². The molecule has 0 radical (unpaired) electrons. The number of pyridine rings is 1. The van der Waals surface area contributed by atoms with E-state index in [1.54, 1.807) is 0 Å². The van der Waals surface area contributed by atoms with Gasteiger partial charge in [-0.2, -0.15) is 13.2 Å². The van der Waals surface area contributed by atoms with E-state index in [1.807, 2.05) is 0 Å². The number of nitrogens with zero attached hydrogens (tertiary/aromatic N) is 1. The molecule has 0 atom stereocenters. The molecule has 4 nitrogen and oxygen atoms in total. The zero-order chi connectivity index (χ0) is 13.7. The normalized spacial score (nSPS) is 11.4. The molecule has 0 aliphatic carbocycles. The first-order valence-electron chi connectivity index (χ1n) is 4.70. The Hall–Kier alpha value is -0.830. The van der Waals surface area contributed by atoms with Crippen LogP contribution in [0.5, 0.6) is 0 Å². The molecule has 2 N–H and O–H groups in total. The van der Waals surface area contributed by atoms with E-state index >= 15 is 0 Å². The number of thiophene rings is 1. The summed E-state index contributed by atoms with van der Waals surface area (Å²) in [6.45, 7) is 1.42. The van der Waals surface area contributed by atoms with Gasteiger partial charge in [0.05, 0.1) is 16.5 Å². The number of hydrogen-bond donors (Lipinski definition) is 1. The Kier molecular flexibility index (Phi) is 4.51. The second-order valence-electron chi connectivity index (χ2n) is 3.63. The minimum Gasteiger partial charge on any atom is -0.544 e. The van der Waals surface area contributed by atoms with Crippen molar-refractivity contribution >= 4 is 33.2 Å². The summed E-state index contributed by atoms with van der Waals surface area (Å²) in [6, 6.07) is 0.838. The summed E-state index contributed by atoms with van der Waals surface area (Å²) in [5.41, 5.74) is 4.62. The number of aryl methyl sites for hydroxylation is 1. The maximum absolute atomic E-state index is 12.5. The van der Waals surface area contributed by atoms with Crippen LogP contribution in [0.25, 0.3) is 10.2 Å². The number of nitrogens with two attached hydrogens (primary N) is 1. The predicted molar refractivity (Wildman–Crippen MR) is 58.1 cm³/mol. The van der Waals surface area contributed by atoms with Crippen LogP contribution in [0.2, 0.25) is 0 Å². The van der Waals surface area contributed by atoms with Crippen LogP contribution in [-0.2, 0) is 6.18 Å². The number of carbonyl (C=O) groups is 1. The molecule has 0 saturated carbocycles. The molecule has 0 fully saturated rings. The number of carboxylic acids is 1. The largest absolute Gasteiger partial charge is 1.00 e. The van der Waals surface area contributed by atoms with E-state index in [1.165, 1.54) is 6.92 Å². The molecule has 0 saturated heterocycles. The Morgan fingerprint density at radius 3 is 2.53 bits per heavy atom. The Bertz CT molecular complexity index is 654. The molecule has 2 aromatic rings. The average molecular weight is 298 g/mol. The Morgan fingerprint density at radius 2 is 2.05 bits per heavy atom. The topological polar surface area (TPSA) is 79.0 Å². The summed E-state index contributed by atoms with van der Waals surface area (Å²) in [5.74, 6) is -1.52. The average Bonchev–Trinajstić information content (AvgIpc) is 2.55. The van der Waals surface area contributed by atoms with Gasteiger partial charge in [0.1, 0.15) is 10.5 Å². The summed E-state index contributed by atoms with van der Waals surface area (Å²) in [4.78, 5) is 13.8. The second kappa shape index (κ2) is 5.28. The van der Waals surface area contributed by atoms with E-state index in [-0.39, 0.29) is 55.9 Å². The number of alkyl halides is 3. The van der Waals surface area contributed by atoms with Crippen molar-refractivity contribution in [2.75, 3.05) is 5.73 Å². The van der Waals surface area contributed by atoms with Crippen molar-refractivity contribution in [1.29, 1.82) is 0 Å². The summed E-state index contributed by atoms with van der Waals surface area (Å²) in [6.07, 6.45) is -4.58. The number of nitrogen functional groups attached to an aromatic ring is 1. The number of carboxylic acid groups (broad SMARTS) is 1. The molecule has 0 spiro atoms. The molecule has 0 amide bonds. The third-order valence-electron chi connectivity index (χ3n) is 2.37. The van der Waals surface area contributed by atoms with E-state index < -0.39 is 17.8 Å². The van der Waals surface area contributed by atoms with Gasteiger partial charge >= 0.3 is 35.7 Å². The van der Waals surface area contributed by atoms with Crippen LogP contribution in [0.3, 0.4) is 0 Å². The fourth-order valence-corrected chi connectivity index (χ4v) is 2.61. The van der Waals surface area contributed by atoms with Crippen molar-refractivity contribution in [3.05, 3.63) is 22.2 Å². The predicted octanol–water partition coefficient (Wildman–Crippen LogP) is -1.43. The van der Waals surface area contributed by atoms with Gasteiger partial charge in [-0.15, -0.1) is 11.3 Å². The number of hydrogen-bond acceptors (Lipinski definition) is 5. The van der Waals surface area contributed by atoms with Gasteiger partial charge in [-0.05, 0) is 18.6 Å². The third kappa shape index (κ3) is 2.86. The van der Waals surface area contributed by atoms with E-state index in [4.69, 9.17) is 5.73 Å². The number of rotatable bonds is 1. The molecule has 0 unspecified atom stereocenters. The fraction of sp³-hybridized carbons (Fsp3) is 0.200. The fourth-order valence-electron chi connectivity index (χ4n) is 1.61. The number of carbonyl (C=O) groups excluding carboxylic acids is 1. The first-order chi connectivity index (χ1) is 8.21. The molecule has 96 valence electrons. The third-order valence-corrected chi connectivity index (χ3v) is 3.45. The van der Waals surface area contributed by atoms with Crippen molar-refractivity contribution in [3.8, 4) is 0 Å². The van der Waals surface area contributed by atoms with Gasteiger partial charge in [-0.25, -0.2) is 4.98 Å². The number of fused-ring (bicyclic) bond motifs is 1. The quantitative estimate of drug-likeness (QED) is 0.655. The van der Waals surface area contributed by atoms with E-state index in [0.717, 1.165) is 6.07 Å². The van der Waals surface area contributed by atoms with E-state index in [9.17, 15) is 23.1 Å². The SMILES string of the molecule is Cc1cc(C(F)(F)F)nc2sc(C(=O)[O-])c(N)c12.[Na+]. The van der Waals surface area contributed by atoms with Crippen molar-refractivity contribution in [3.63, 3.8) is 0 Å². The Balaban J connectivity index is 0.00000180. The molecule has 0 aliphatic rings. The van der Waals surface area contributed by atoms with Crippen LogP contribution in [0.1, 0.15) is 20.9 Å². The first-order valence-corrected chi connectivity index (χ1v) is 5.51. The molecular weight excluding hydrogens is 292 g/mol. The van der Waals surface area contributed by atoms with E-state index in [0.29, 0.717) is 11.3 Å². The minimum absolute atomic E-state index is 0. The number of aromatic nitrogens is 1. The van der Waals surface area contributed by atoms with Gasteiger partial charge in [-0.3, -0.25) is 0 Å². The molecule has 0 aromatic carbocycles. The van der Waals surface area contributed by atoms with Crippen molar-refractivity contribution in [1.82, 2.24) is 4.98 Å². The minimum atomic E-state index is -4.58. The standard InChI is InChI=1S/C10H7F3N2O2S.Na/c1-3-2-4(10(11,12)13)15-8-5(3)6(14)7(18-8)9(16)17;/h2H,14H2,1H3,(H,16,17);/q;+1/p-1. The maximum Gasteiger partial charge on any atom is 1.00 e. The zero-order valence-electron chi connectivity index (χ0n) is 9.96. The van der Waals surface area contributed by atoms with E-state index in [2.05, 4.69) is 4.98 Å². The number of halogens is 3. The van der Waals surface area contributed by atoms with Gasteiger partial charge in [-0.1, -0.05) is 0 Å². The summed E-state index contributed by atoms with van der Waals surface area (Å²) in [7, 11) is 0. The second-order valence-corrected chi connectivity index (χ2v) is 4.63. The summed E-state index contributed by atoms with van der Waals surface area (Å²) >= 11 is 0.578. The Morgan fingerprint density at radius 1 is 1.47 bits per heavy atom. The zero-order valence-corrected chi connectivity index (χ0v) is 12.8. The van der Waals surface area contributed by atoms with Gasteiger partial charge in [0.2, 0.25) is 0 Å². The van der Waals surface area contributed by atoms with Crippen LogP contribution in [0.15, 0.2) is 6.07 Å². The van der Waals surface area contributed by atoms with Crippen LogP contribution in [0.4, 0.5) is 18.9 Å². The molecule has 2 aromatic heterocycles. The van der Waals surface area contributed by atoms with Crippen LogP contribution in [-0.4, -0.2) is 11.0 Å². The van der Waals surface area contributed by atoms with Crippen molar-refractivity contribution in [2.45, 2.75) is 13.1 Å². The smallest absolute Gasteiger partial charge is 0.544 e. The van der Waals surface area contributed by atoms with Crippen LogP contribution < -0.4 is 40.4 Å². The molecule has 0 bridgehead atoms. The molecule has 2 rings (SSSR count). The molecule has 2 heterocycles. The Labute approximate surface area is 131 Å². The molecule has 0 aliphatic heterocycles. The maximum atomic E-state index is 12.5. The number of anilines is 1. The van der Waals surface area contributed by atoms with Gasteiger partial charge in [0.25, 0.3) is 0 Å². The van der Waals surface area contributed by atoms with Gasteiger partial charge in [0, 0.05) is 5.39 Å². The molecule has 9 heteroatoms. The van der Waals surface area contributed by atoms with Crippen molar-refractivity contribution < 1.29 is 52.6 Å². The van der Waals surface area contributed by atoms with Gasteiger partial charge < -0.3 is 15.6 Å². The number of aromatic carboxylic acids is 1. The molecule has 19 heavy (non-hydrogen) atoms. The first kappa shape index (κ1) is 16.2. The molecular formula is C10H6F3N2NaO2S. The summed E-state index contributed by atoms with van der Waals surface area (Å²) < 4.78 is 37.6. The van der Waals surface area contributed by atoms with Crippen LogP contribution in [0, 0.1) is 6.92 Å².